The van der Waals surface area contributed by atoms with E-state index >= 15 is 0 Å². The predicted octanol–water partition coefficient (Wildman–Crippen LogP) is 2.37. The maximum absolute atomic E-state index is 13.3. The number of nitrogens with two attached hydrogens (primary N) is 1. The van der Waals surface area contributed by atoms with E-state index in [1.54, 1.807) is 6.92 Å². The van der Waals surface area contributed by atoms with Crippen LogP contribution < -0.4 is 5.73 Å². The molecule has 0 unspecified atom stereocenters. The number of sulfonamides is 1. The van der Waals surface area contributed by atoms with Crippen molar-refractivity contribution in [1.82, 2.24) is 4.31 Å². The molecule has 7 heteroatoms. The molecule has 112 valence electrons. The Kier molecular flexibility index (Phi) is 4.69. The fraction of sp³-hybridized carbons (Fsp3) is 0.538. The van der Waals surface area contributed by atoms with Crippen molar-refractivity contribution in [1.29, 1.82) is 0 Å². The normalized spacial score (nSPS) is 22.7. The Bertz CT molecular complexity index is 592. The Morgan fingerprint density at radius 3 is 2.80 bits per heavy atom. The summed E-state index contributed by atoms with van der Waals surface area (Å²) in [5.74, 6) is -0.623. The second kappa shape index (κ2) is 5.97. The summed E-state index contributed by atoms with van der Waals surface area (Å²) in [5.41, 5.74) is 5.89. The molecule has 1 aliphatic heterocycles. The van der Waals surface area contributed by atoms with Gasteiger partial charge in [-0.25, -0.2) is 12.8 Å². The highest BCUT2D eigenvalue weighted by Crippen LogP contribution is 2.30. The number of hydrogen-bond acceptors (Lipinski definition) is 3. The molecule has 2 atom stereocenters. The van der Waals surface area contributed by atoms with Crippen LogP contribution in [0.15, 0.2) is 23.1 Å². The van der Waals surface area contributed by atoms with Crippen LogP contribution in [-0.2, 0) is 10.0 Å². The fourth-order valence-corrected chi connectivity index (χ4v) is 4.82. The molecular formula is C13H18ClFN2O2S. The number of nitrogens with zero attached hydrogens (tertiary/aromatic N) is 1. The SMILES string of the molecule is C[C@H](N)[C@H]1CCCCN1S(=O)(=O)c1cc(F)ccc1Cl. The monoisotopic (exact) mass is 320 g/mol. The first-order valence-corrected chi connectivity index (χ1v) is 8.38. The Labute approximate surface area is 123 Å². The van der Waals surface area contributed by atoms with Gasteiger partial charge in [-0.1, -0.05) is 18.0 Å². The number of hydrogen-bond donors (Lipinski definition) is 1. The molecule has 1 aromatic carbocycles. The highest BCUT2D eigenvalue weighted by atomic mass is 35.5. The van der Waals surface area contributed by atoms with Crippen molar-refractivity contribution >= 4 is 21.6 Å². The first-order chi connectivity index (χ1) is 9.34. The van der Waals surface area contributed by atoms with Crippen molar-refractivity contribution in [2.75, 3.05) is 6.54 Å². The van der Waals surface area contributed by atoms with Gasteiger partial charge in [-0.05, 0) is 38.0 Å². The van der Waals surface area contributed by atoms with E-state index in [-0.39, 0.29) is 22.0 Å². The Morgan fingerprint density at radius 2 is 2.15 bits per heavy atom. The van der Waals surface area contributed by atoms with Gasteiger partial charge in [0.1, 0.15) is 10.7 Å². The Morgan fingerprint density at radius 1 is 1.45 bits per heavy atom. The van der Waals surface area contributed by atoms with Crippen LogP contribution in [0.5, 0.6) is 0 Å². The molecule has 1 aliphatic rings. The smallest absolute Gasteiger partial charge is 0.244 e. The van der Waals surface area contributed by atoms with Crippen molar-refractivity contribution < 1.29 is 12.8 Å². The minimum absolute atomic E-state index is 0.0281. The molecule has 2 rings (SSSR count). The molecule has 0 aliphatic carbocycles. The van der Waals surface area contributed by atoms with Gasteiger partial charge >= 0.3 is 0 Å². The van der Waals surface area contributed by atoms with Crippen LogP contribution >= 0.6 is 11.6 Å². The minimum Gasteiger partial charge on any atom is -0.326 e. The van der Waals surface area contributed by atoms with E-state index in [1.165, 1.54) is 10.4 Å². The second-order valence-electron chi connectivity index (χ2n) is 5.11. The first-order valence-electron chi connectivity index (χ1n) is 6.56. The fourth-order valence-electron chi connectivity index (χ4n) is 2.56. The quantitative estimate of drug-likeness (QED) is 0.930. The third-order valence-corrected chi connectivity index (χ3v) is 5.99. The number of benzene rings is 1. The van der Waals surface area contributed by atoms with Gasteiger partial charge in [-0.15, -0.1) is 0 Å². The molecule has 0 radical (unpaired) electrons. The van der Waals surface area contributed by atoms with Crippen molar-refractivity contribution in [2.24, 2.45) is 5.73 Å². The van der Waals surface area contributed by atoms with Crippen molar-refractivity contribution in [2.45, 2.75) is 43.2 Å². The summed E-state index contributed by atoms with van der Waals surface area (Å²) in [6.45, 7) is 2.17. The van der Waals surface area contributed by atoms with E-state index in [0.29, 0.717) is 13.0 Å². The van der Waals surface area contributed by atoms with Crippen molar-refractivity contribution in [3.05, 3.63) is 29.0 Å². The lowest BCUT2D eigenvalue weighted by molar-refractivity contribution is 0.227. The van der Waals surface area contributed by atoms with Gasteiger partial charge in [-0.3, -0.25) is 0 Å². The van der Waals surface area contributed by atoms with Crippen LogP contribution in [0.3, 0.4) is 0 Å². The average molecular weight is 321 g/mol. The van der Waals surface area contributed by atoms with Crippen molar-refractivity contribution in [3.63, 3.8) is 0 Å². The molecule has 0 bridgehead atoms. The van der Waals surface area contributed by atoms with E-state index in [1.807, 2.05) is 0 Å². The molecular weight excluding hydrogens is 303 g/mol. The first kappa shape index (κ1) is 15.7. The zero-order chi connectivity index (χ0) is 14.9. The summed E-state index contributed by atoms with van der Waals surface area (Å²) in [5, 5.41) is 0.0281. The molecule has 0 saturated carbocycles. The largest absolute Gasteiger partial charge is 0.326 e. The minimum atomic E-state index is -3.83. The highest BCUT2D eigenvalue weighted by molar-refractivity contribution is 7.89. The number of halogens is 2. The van der Waals surface area contributed by atoms with E-state index in [9.17, 15) is 12.8 Å². The standard InChI is InChI=1S/C13H18ClFN2O2S/c1-9(16)12-4-2-3-7-17(12)20(18,19)13-8-10(15)5-6-11(13)14/h5-6,8-9,12H,2-4,7,16H2,1H3/t9-,12+/m0/s1. The zero-order valence-corrected chi connectivity index (χ0v) is 12.8. The number of rotatable bonds is 3. The lowest BCUT2D eigenvalue weighted by atomic mass is 10.00. The van der Waals surface area contributed by atoms with E-state index in [4.69, 9.17) is 17.3 Å². The molecule has 0 aromatic heterocycles. The molecule has 1 fully saturated rings. The molecule has 20 heavy (non-hydrogen) atoms. The van der Waals surface area contributed by atoms with Gasteiger partial charge in [0.15, 0.2) is 0 Å². The summed E-state index contributed by atoms with van der Waals surface area (Å²) in [4.78, 5) is -0.188. The lowest BCUT2D eigenvalue weighted by Gasteiger charge is -2.37. The molecule has 1 aromatic rings. The van der Waals surface area contributed by atoms with Crippen LogP contribution in [-0.4, -0.2) is 31.4 Å². The topological polar surface area (TPSA) is 63.4 Å². The summed E-state index contributed by atoms with van der Waals surface area (Å²) in [7, 11) is -3.83. The summed E-state index contributed by atoms with van der Waals surface area (Å²) in [6, 6.07) is 2.81. The van der Waals surface area contributed by atoms with Gasteiger partial charge in [0.2, 0.25) is 10.0 Å². The molecule has 0 amide bonds. The zero-order valence-electron chi connectivity index (χ0n) is 11.2. The van der Waals surface area contributed by atoms with E-state index < -0.39 is 15.8 Å². The number of piperidine rings is 1. The predicted molar refractivity (Wildman–Crippen MR) is 76.6 cm³/mol. The van der Waals surface area contributed by atoms with Gasteiger partial charge in [-0.2, -0.15) is 4.31 Å². The summed E-state index contributed by atoms with van der Waals surface area (Å²) >= 11 is 5.92. The molecule has 0 spiro atoms. The maximum atomic E-state index is 13.3. The van der Waals surface area contributed by atoms with Gasteiger partial charge in [0.05, 0.1) is 5.02 Å². The highest BCUT2D eigenvalue weighted by Gasteiger charge is 2.36. The third kappa shape index (κ3) is 2.98. The molecule has 1 heterocycles. The van der Waals surface area contributed by atoms with Gasteiger partial charge in [0, 0.05) is 18.6 Å². The van der Waals surface area contributed by atoms with Gasteiger partial charge in [0.25, 0.3) is 0 Å². The van der Waals surface area contributed by atoms with Crippen molar-refractivity contribution in [3.8, 4) is 0 Å². The maximum Gasteiger partial charge on any atom is 0.244 e. The Balaban J connectivity index is 2.45. The molecule has 4 nitrogen and oxygen atoms in total. The molecule has 1 saturated heterocycles. The van der Waals surface area contributed by atoms with Crippen LogP contribution in [0.25, 0.3) is 0 Å². The van der Waals surface area contributed by atoms with Crippen LogP contribution in [0.4, 0.5) is 4.39 Å². The van der Waals surface area contributed by atoms with Gasteiger partial charge < -0.3 is 5.73 Å². The summed E-state index contributed by atoms with van der Waals surface area (Å²) < 4.78 is 40.1. The Hall–Kier alpha value is -0.690. The molecule has 2 N–H and O–H groups in total. The van der Waals surface area contributed by atoms with Crippen LogP contribution in [0.1, 0.15) is 26.2 Å². The average Bonchev–Trinajstić information content (AvgIpc) is 2.41. The van der Waals surface area contributed by atoms with Crippen LogP contribution in [0.2, 0.25) is 5.02 Å². The second-order valence-corrected chi connectivity index (χ2v) is 7.38. The summed E-state index contributed by atoms with van der Waals surface area (Å²) in [6.07, 6.45) is 2.42. The third-order valence-electron chi connectivity index (χ3n) is 3.59. The lowest BCUT2D eigenvalue weighted by Crippen LogP contribution is -2.51. The van der Waals surface area contributed by atoms with E-state index in [0.717, 1.165) is 25.0 Å². The van der Waals surface area contributed by atoms with E-state index in [2.05, 4.69) is 0 Å². The van der Waals surface area contributed by atoms with Crippen LogP contribution in [0, 0.1) is 5.82 Å².